The van der Waals surface area contributed by atoms with E-state index in [9.17, 15) is 0 Å². The molecule has 0 fully saturated rings. The summed E-state index contributed by atoms with van der Waals surface area (Å²) in [6.07, 6.45) is 1.92. The van der Waals surface area contributed by atoms with E-state index < -0.39 is 0 Å². The number of methoxy groups -OCH3 is 1. The van der Waals surface area contributed by atoms with Gasteiger partial charge in [0.2, 0.25) is 0 Å². The molecule has 1 heterocycles. The van der Waals surface area contributed by atoms with Crippen molar-refractivity contribution in [1.82, 2.24) is 10.3 Å². The first-order valence-electron chi connectivity index (χ1n) is 6.26. The van der Waals surface area contributed by atoms with Crippen LogP contribution in [-0.4, -0.2) is 25.2 Å². The van der Waals surface area contributed by atoms with Gasteiger partial charge in [-0.15, -0.1) is 0 Å². The maximum absolute atomic E-state index is 4.98. The lowest BCUT2D eigenvalue weighted by atomic mass is 10.3. The second-order valence-corrected chi connectivity index (χ2v) is 5.18. The molecule has 0 aliphatic rings. The third-order valence-corrected chi connectivity index (χ3v) is 3.53. The molecule has 2 rings (SSSR count). The molecule has 0 unspecified atom stereocenters. The molecule has 0 bridgehead atoms. The smallest absolute Gasteiger partial charge is 0.101 e. The first-order valence-corrected chi connectivity index (χ1v) is 7.07. The maximum atomic E-state index is 4.98. The molecule has 1 aromatic heterocycles. The number of benzene rings is 1. The van der Waals surface area contributed by atoms with E-state index in [-0.39, 0.29) is 0 Å². The minimum absolute atomic E-state index is 0.732. The van der Waals surface area contributed by atoms with Crippen LogP contribution in [0.5, 0.6) is 0 Å². The average molecular weight is 274 g/mol. The van der Waals surface area contributed by atoms with Gasteiger partial charge in [-0.25, -0.2) is 4.98 Å². The predicted octanol–water partition coefficient (Wildman–Crippen LogP) is 2.97. The summed E-state index contributed by atoms with van der Waals surface area (Å²) in [5, 5.41) is 4.32. The summed E-state index contributed by atoms with van der Waals surface area (Å²) >= 11 is 1.68. The van der Waals surface area contributed by atoms with Crippen molar-refractivity contribution in [2.75, 3.05) is 20.3 Å². The van der Waals surface area contributed by atoms with Crippen molar-refractivity contribution in [3.63, 3.8) is 0 Å². The molecule has 4 heteroatoms. The van der Waals surface area contributed by atoms with Crippen LogP contribution in [0.4, 0.5) is 0 Å². The predicted molar refractivity (Wildman–Crippen MR) is 78.4 cm³/mol. The number of pyridine rings is 1. The molecule has 1 aromatic carbocycles. The standard InChI is InChI=1S/C15H18N2OS/c1-18-10-9-16-11-13-7-8-15(17-12-13)19-14-5-3-2-4-6-14/h2-8,12,16H,9-11H2,1H3. The fraction of sp³-hybridized carbons (Fsp3) is 0.267. The molecule has 3 nitrogen and oxygen atoms in total. The normalized spacial score (nSPS) is 10.6. The maximum Gasteiger partial charge on any atom is 0.101 e. The molecule has 0 amide bonds. The van der Waals surface area contributed by atoms with Gasteiger partial charge in [-0.2, -0.15) is 0 Å². The molecule has 0 saturated carbocycles. The molecule has 2 aromatic rings. The molecule has 1 N–H and O–H groups in total. The van der Waals surface area contributed by atoms with Gasteiger partial charge in [-0.3, -0.25) is 0 Å². The Hall–Kier alpha value is -1.36. The van der Waals surface area contributed by atoms with Gasteiger partial charge in [0.1, 0.15) is 5.03 Å². The fourth-order valence-corrected chi connectivity index (χ4v) is 2.37. The third kappa shape index (κ3) is 5.03. The Morgan fingerprint density at radius 3 is 2.68 bits per heavy atom. The van der Waals surface area contributed by atoms with E-state index in [0.29, 0.717) is 0 Å². The van der Waals surface area contributed by atoms with Crippen molar-refractivity contribution in [3.8, 4) is 0 Å². The van der Waals surface area contributed by atoms with Gasteiger partial charge in [0.05, 0.1) is 6.61 Å². The van der Waals surface area contributed by atoms with Gasteiger partial charge in [-0.1, -0.05) is 36.0 Å². The van der Waals surface area contributed by atoms with Crippen LogP contribution >= 0.6 is 11.8 Å². The summed E-state index contributed by atoms with van der Waals surface area (Å²) in [5.41, 5.74) is 1.19. The highest BCUT2D eigenvalue weighted by atomic mass is 32.2. The summed E-state index contributed by atoms with van der Waals surface area (Å²) < 4.78 is 4.98. The quantitative estimate of drug-likeness (QED) is 0.787. The topological polar surface area (TPSA) is 34.1 Å². The van der Waals surface area contributed by atoms with Crippen molar-refractivity contribution in [1.29, 1.82) is 0 Å². The van der Waals surface area contributed by atoms with Gasteiger partial charge < -0.3 is 10.1 Å². The lowest BCUT2D eigenvalue weighted by molar-refractivity contribution is 0.199. The molecule has 0 aliphatic carbocycles. The number of nitrogens with zero attached hydrogens (tertiary/aromatic N) is 1. The van der Waals surface area contributed by atoms with Crippen LogP contribution in [0.1, 0.15) is 5.56 Å². The molecule has 0 saturated heterocycles. The van der Waals surface area contributed by atoms with Gasteiger partial charge in [0, 0.05) is 31.3 Å². The second kappa shape index (κ2) is 7.94. The van der Waals surface area contributed by atoms with E-state index in [0.717, 1.165) is 24.7 Å². The summed E-state index contributed by atoms with van der Waals surface area (Å²) in [4.78, 5) is 5.67. The average Bonchev–Trinajstić information content (AvgIpc) is 2.46. The Kier molecular flexibility index (Phi) is 5.88. The first kappa shape index (κ1) is 14.1. The lowest BCUT2D eigenvalue weighted by Crippen LogP contribution is -2.18. The Morgan fingerprint density at radius 2 is 2.00 bits per heavy atom. The van der Waals surface area contributed by atoms with Gasteiger partial charge in [0.25, 0.3) is 0 Å². The van der Waals surface area contributed by atoms with Crippen molar-refractivity contribution < 1.29 is 4.74 Å². The number of hydrogen-bond donors (Lipinski definition) is 1. The molecular weight excluding hydrogens is 256 g/mol. The Balaban J connectivity index is 1.84. The number of hydrogen-bond acceptors (Lipinski definition) is 4. The number of nitrogens with one attached hydrogen (secondary N) is 1. The number of ether oxygens (including phenoxy) is 1. The monoisotopic (exact) mass is 274 g/mol. The van der Waals surface area contributed by atoms with Crippen molar-refractivity contribution in [2.24, 2.45) is 0 Å². The van der Waals surface area contributed by atoms with E-state index in [1.165, 1.54) is 10.5 Å². The van der Waals surface area contributed by atoms with Crippen molar-refractivity contribution >= 4 is 11.8 Å². The van der Waals surface area contributed by atoms with Gasteiger partial charge in [0.15, 0.2) is 0 Å². The molecule has 19 heavy (non-hydrogen) atoms. The minimum Gasteiger partial charge on any atom is -0.383 e. The summed E-state index contributed by atoms with van der Waals surface area (Å²) in [6.45, 7) is 2.42. The highest BCUT2D eigenvalue weighted by Gasteiger charge is 1.99. The zero-order chi connectivity index (χ0) is 13.3. The van der Waals surface area contributed by atoms with Crippen LogP contribution in [0.3, 0.4) is 0 Å². The highest BCUT2D eigenvalue weighted by molar-refractivity contribution is 7.99. The zero-order valence-corrected chi connectivity index (χ0v) is 11.8. The molecule has 0 radical (unpaired) electrons. The summed E-state index contributed by atoms with van der Waals surface area (Å²) in [7, 11) is 1.71. The molecule has 0 atom stereocenters. The largest absolute Gasteiger partial charge is 0.383 e. The van der Waals surface area contributed by atoms with E-state index >= 15 is 0 Å². The van der Waals surface area contributed by atoms with E-state index in [1.54, 1.807) is 18.9 Å². The third-order valence-electron chi connectivity index (χ3n) is 2.58. The van der Waals surface area contributed by atoms with Crippen LogP contribution in [-0.2, 0) is 11.3 Å². The Morgan fingerprint density at radius 1 is 1.16 bits per heavy atom. The van der Waals surface area contributed by atoms with Crippen molar-refractivity contribution in [3.05, 3.63) is 54.2 Å². The van der Waals surface area contributed by atoms with Gasteiger partial charge >= 0.3 is 0 Å². The van der Waals surface area contributed by atoms with E-state index in [2.05, 4.69) is 34.6 Å². The Bertz CT molecular complexity index is 473. The van der Waals surface area contributed by atoms with Crippen LogP contribution in [0.15, 0.2) is 58.6 Å². The van der Waals surface area contributed by atoms with Crippen LogP contribution in [0.2, 0.25) is 0 Å². The summed E-state index contributed by atoms with van der Waals surface area (Å²) in [6, 6.07) is 14.4. The van der Waals surface area contributed by atoms with E-state index in [4.69, 9.17) is 4.74 Å². The Labute approximate surface area is 118 Å². The molecule has 100 valence electrons. The first-order chi connectivity index (χ1) is 9.38. The number of rotatable bonds is 7. The zero-order valence-electron chi connectivity index (χ0n) is 11.0. The van der Waals surface area contributed by atoms with E-state index in [1.807, 2.05) is 24.4 Å². The van der Waals surface area contributed by atoms with Crippen LogP contribution in [0, 0.1) is 0 Å². The SMILES string of the molecule is COCCNCc1ccc(Sc2ccccc2)nc1. The van der Waals surface area contributed by atoms with Crippen LogP contribution < -0.4 is 5.32 Å². The van der Waals surface area contributed by atoms with Gasteiger partial charge in [-0.05, 0) is 23.8 Å². The number of aromatic nitrogens is 1. The molecular formula is C15H18N2OS. The molecule has 0 aliphatic heterocycles. The van der Waals surface area contributed by atoms with Crippen LogP contribution in [0.25, 0.3) is 0 Å². The fourth-order valence-electron chi connectivity index (χ4n) is 1.59. The van der Waals surface area contributed by atoms with Crippen molar-refractivity contribution in [2.45, 2.75) is 16.5 Å². The lowest BCUT2D eigenvalue weighted by Gasteiger charge is -2.05. The minimum atomic E-state index is 0.732. The summed E-state index contributed by atoms with van der Waals surface area (Å²) in [5.74, 6) is 0. The second-order valence-electron chi connectivity index (χ2n) is 4.09. The molecule has 0 spiro atoms. The highest BCUT2D eigenvalue weighted by Crippen LogP contribution is 2.25.